The molecule has 0 aromatic heterocycles. The number of hydrogen-bond donors (Lipinski definition) is 0. The van der Waals surface area contributed by atoms with Gasteiger partial charge in [-0.15, -0.1) is 0 Å². The molecule has 0 amide bonds. The molecule has 0 aliphatic heterocycles. The predicted octanol–water partition coefficient (Wildman–Crippen LogP) is 0.839. The zero-order valence-electron chi connectivity index (χ0n) is 23.6. The van der Waals surface area contributed by atoms with Crippen LogP contribution in [0.4, 0.5) is 0 Å². The summed E-state index contributed by atoms with van der Waals surface area (Å²) in [4.78, 5) is 0. The Labute approximate surface area is 766 Å². The second kappa shape index (κ2) is 31.5. The van der Waals surface area contributed by atoms with Crippen molar-refractivity contribution in [1.29, 1.82) is 0 Å². The van der Waals surface area contributed by atoms with E-state index < -0.39 is 40.8 Å². The summed E-state index contributed by atoms with van der Waals surface area (Å²) >= 11 is 0. The molecule has 0 bridgehead atoms. The Hall–Kier alpha value is 27.4. The second-order valence-corrected chi connectivity index (χ2v) is 316. The van der Waals surface area contributed by atoms with Crippen LogP contribution in [0.5, 0.6) is 0 Å². The van der Waals surface area contributed by atoms with Gasteiger partial charge in [0.15, 0.2) is 0 Å². The first kappa shape index (κ1) is 112. The minimum Gasteiger partial charge on any atom is 1.00 e. The van der Waals surface area contributed by atoms with Gasteiger partial charge in [0, 0.05) is 0 Å². The smallest absolute Gasteiger partial charge is 1.00 e. The van der Waals surface area contributed by atoms with E-state index >= 15 is 0 Å². The van der Waals surface area contributed by atoms with Gasteiger partial charge >= 0.3 is 797 Å². The minimum atomic E-state index is -5.33. The van der Waals surface area contributed by atoms with Crippen molar-refractivity contribution in [3.63, 3.8) is 0 Å². The van der Waals surface area contributed by atoms with Gasteiger partial charge in [-0.3, -0.25) is 0 Å². The van der Waals surface area contributed by atoms with E-state index in [-0.39, 0.29) is 411 Å². The van der Waals surface area contributed by atoms with Gasteiger partial charge in [0.2, 0.25) is 0 Å². The molecule has 0 fully saturated rings. The molecule has 0 radical (unpaired) electrons. The SMILES string of the molecule is [Cl][Ir-2]([Cl])([Cl])([Cl])([Cl])[Cl].[Cl][Ir-2]([Cl])([Cl])([Cl])([Cl])[Cl].[Cl][Ir-2]([Cl])([Cl])([Cl])([Cl])[Cl].[Cl][Ir-2]([Cl])([Cl])([Cl])([Cl])[Cl].[Cl][Ir-2]([Cl])([Cl])([Cl])([Cl])[Cl].[Cl][Ir-2]([Cl])([Cl])([Cl])([Cl])[Cl].[K+].[K+].[K+].[K+].[K+].[K+].[K+].[K+]. The Balaban J connectivity index is -0.0000000251. The summed E-state index contributed by atoms with van der Waals surface area (Å²) in [6, 6.07) is 0. The molecular weight excluding hydrogens is 2740 g/mol. The maximum atomic E-state index is 5.06. The quantitative estimate of drug-likeness (QED) is 0.316. The van der Waals surface area contributed by atoms with E-state index in [1.54, 1.807) is 0 Å². The summed E-state index contributed by atoms with van der Waals surface area (Å²) < 4.78 is 0. The van der Waals surface area contributed by atoms with Crippen molar-refractivity contribution in [2.24, 2.45) is 0 Å². The minimum absolute atomic E-state index is 0. The average molecular weight is 2740 g/mol. The third kappa shape index (κ3) is 555. The normalized spacial score (nSPS) is 19.4. The van der Waals surface area contributed by atoms with Crippen LogP contribution in [-0.2, 0) is 40.8 Å². The van der Waals surface area contributed by atoms with Crippen molar-refractivity contribution in [1.82, 2.24) is 0 Å². The van der Waals surface area contributed by atoms with Gasteiger partial charge in [0.25, 0.3) is 0 Å². The molecule has 50 heavy (non-hydrogen) atoms. The van der Waals surface area contributed by atoms with Crippen LogP contribution < -0.4 is 411 Å². The molecule has 0 aliphatic carbocycles. The van der Waals surface area contributed by atoms with Crippen LogP contribution in [0.15, 0.2) is 0 Å². The molecule has 0 heterocycles. The van der Waals surface area contributed by atoms with Crippen molar-refractivity contribution in [3.8, 4) is 0 Å². The van der Waals surface area contributed by atoms with Crippen LogP contribution in [0.2, 0.25) is 0 Å². The average Bonchev–Trinajstić information content (AvgIpc) is 1.70. The van der Waals surface area contributed by atoms with E-state index in [1.165, 1.54) is 0 Å². The molecule has 50 heteroatoms. The molecule has 0 nitrogen and oxygen atoms in total. The second-order valence-electron chi connectivity index (χ2n) is 4.29. The molecule has 0 aliphatic rings. The fourth-order valence-corrected chi connectivity index (χ4v) is 0. The van der Waals surface area contributed by atoms with Gasteiger partial charge in [-0.1, -0.05) is 0 Å². The first-order valence-electron chi connectivity index (χ1n) is 4.54. The molecule has 0 saturated heterocycles. The Bertz CT molecular complexity index is 641. The van der Waals surface area contributed by atoms with Crippen molar-refractivity contribution in [3.05, 3.63) is 0 Å². The van der Waals surface area contributed by atoms with Gasteiger partial charge < -0.3 is 0 Å². The topological polar surface area (TPSA) is 0 Å². The van der Waals surface area contributed by atoms with Gasteiger partial charge in [-0.25, -0.2) is 0 Å². The molecule has 0 aromatic rings. The van der Waals surface area contributed by atoms with E-state index in [4.69, 9.17) is 345 Å². The summed E-state index contributed by atoms with van der Waals surface area (Å²) in [5.41, 5.74) is 0. The molecular formula is Cl36Ir6K8-4. The largest absolute Gasteiger partial charge is 1.00 e. The van der Waals surface area contributed by atoms with Crippen molar-refractivity contribution >= 4 is 345 Å². The van der Waals surface area contributed by atoms with Crippen LogP contribution in [0.1, 0.15) is 0 Å². The van der Waals surface area contributed by atoms with Crippen LogP contribution in [-0.4, -0.2) is 0 Å². The monoisotopic (exact) mass is 2730 g/mol. The van der Waals surface area contributed by atoms with Gasteiger partial charge in [0.1, 0.15) is 0 Å². The fraction of sp³-hybridized carbons (Fsp3) is 0. The van der Waals surface area contributed by atoms with Crippen LogP contribution >= 0.6 is 345 Å². The maximum Gasteiger partial charge on any atom is 1.00 e. The first-order chi connectivity index (χ1) is 14.7. The molecule has 0 N–H and O–H groups in total. The Morgan fingerprint density at radius 1 is 0.100 bits per heavy atom. The van der Waals surface area contributed by atoms with Crippen molar-refractivity contribution < 1.29 is 452 Å². The summed E-state index contributed by atoms with van der Waals surface area (Å²) in [5.74, 6) is 0. The van der Waals surface area contributed by atoms with Crippen LogP contribution in [0, 0.1) is 0 Å². The predicted molar refractivity (Wildman–Crippen MR) is 211 cm³/mol. The van der Waals surface area contributed by atoms with E-state index in [0.717, 1.165) is 0 Å². The van der Waals surface area contributed by atoms with Crippen LogP contribution in [0.25, 0.3) is 0 Å². The molecule has 0 unspecified atom stereocenters. The van der Waals surface area contributed by atoms with Gasteiger partial charge in [-0.2, -0.15) is 0 Å². The maximum absolute atomic E-state index is 5.33. The third-order valence-electron chi connectivity index (χ3n) is 0. The van der Waals surface area contributed by atoms with E-state index in [2.05, 4.69) is 0 Å². The molecule has 0 aromatic carbocycles. The van der Waals surface area contributed by atoms with E-state index in [1.807, 2.05) is 0 Å². The Kier molecular flexibility index (Phi) is 70.9. The number of rotatable bonds is 0. The van der Waals surface area contributed by atoms with Gasteiger partial charge in [-0.05, 0) is 0 Å². The summed E-state index contributed by atoms with van der Waals surface area (Å²) in [7, 11) is 182. The zero-order chi connectivity index (χ0) is 38.4. The standard InChI is InChI=1S/36ClH.6Ir.8K/h36*1H;;;;;;;;;;;;;;/q;;;;;;;;;;;;;;;;;;;;;;;;;;;;;;;;;;;;6*+4;8*+1/p-36. The molecule has 0 spiro atoms. The molecule has 0 saturated carbocycles. The molecule has 0 atom stereocenters. The van der Waals surface area contributed by atoms with E-state index in [9.17, 15) is 0 Å². The van der Waals surface area contributed by atoms with Crippen LogP contribution in [0.3, 0.4) is 0 Å². The zero-order valence-corrected chi connectivity index (χ0v) is 90.2. The first-order valence-corrected chi connectivity index (χ1v) is 111. The van der Waals surface area contributed by atoms with Crippen molar-refractivity contribution in [2.75, 3.05) is 0 Å². The fourth-order valence-electron chi connectivity index (χ4n) is 0. The summed E-state index contributed by atoms with van der Waals surface area (Å²) in [6.45, 7) is -32.0. The van der Waals surface area contributed by atoms with E-state index in [0.29, 0.717) is 0 Å². The van der Waals surface area contributed by atoms with Crippen molar-refractivity contribution in [2.45, 2.75) is 0 Å². The molecule has 318 valence electrons. The summed E-state index contributed by atoms with van der Waals surface area (Å²) in [6.07, 6.45) is 0. The Morgan fingerprint density at radius 3 is 0.100 bits per heavy atom. The third-order valence-corrected chi connectivity index (χ3v) is 0. The molecule has 0 rings (SSSR count). The summed E-state index contributed by atoms with van der Waals surface area (Å²) in [5, 5.41) is 0. The van der Waals surface area contributed by atoms with Gasteiger partial charge in [0.05, 0.1) is 0 Å². The number of hydrogen-bond acceptors (Lipinski definition) is 0. The number of halogens is 36. The Morgan fingerprint density at radius 2 is 0.100 bits per heavy atom.